The lowest BCUT2D eigenvalue weighted by molar-refractivity contribution is 0.306. The van der Waals surface area contributed by atoms with Crippen molar-refractivity contribution >= 4 is 17.2 Å². The van der Waals surface area contributed by atoms with E-state index < -0.39 is 0 Å². The number of ether oxygens (including phenoxy) is 1. The van der Waals surface area contributed by atoms with Crippen LogP contribution in [0.2, 0.25) is 5.02 Å². The maximum absolute atomic E-state index is 12.4. The molecule has 2 heterocycles. The van der Waals surface area contributed by atoms with E-state index in [9.17, 15) is 4.79 Å². The van der Waals surface area contributed by atoms with Crippen LogP contribution in [0.15, 0.2) is 47.3 Å². The molecule has 0 aliphatic rings. The summed E-state index contributed by atoms with van der Waals surface area (Å²) in [6, 6.07) is 12.8. The van der Waals surface area contributed by atoms with Gasteiger partial charge in [0.25, 0.3) is 5.56 Å². The summed E-state index contributed by atoms with van der Waals surface area (Å²) in [5.74, 6) is 0.790. The van der Waals surface area contributed by atoms with Crippen molar-refractivity contribution in [2.24, 2.45) is 0 Å². The van der Waals surface area contributed by atoms with Crippen molar-refractivity contribution in [1.29, 1.82) is 0 Å². The Labute approximate surface area is 151 Å². The van der Waals surface area contributed by atoms with Crippen molar-refractivity contribution in [3.05, 3.63) is 74.8 Å². The van der Waals surface area contributed by atoms with E-state index in [-0.39, 0.29) is 5.56 Å². The van der Waals surface area contributed by atoms with Crippen LogP contribution in [0.4, 0.5) is 0 Å². The third kappa shape index (κ3) is 3.83. The lowest BCUT2D eigenvalue weighted by atomic mass is 10.2. The molecule has 130 valence electrons. The van der Waals surface area contributed by atoms with E-state index in [1.165, 1.54) is 0 Å². The standard InChI is InChI=1S/C19H20ClN3O2/c1-13-5-4-6-18-21-16(10-19(24)23(13)18)12-22(2)11-14-9-15(20)7-8-17(14)25-3/h4-10H,11-12H2,1-3H3. The number of fused-ring (bicyclic) bond motifs is 1. The van der Waals surface area contributed by atoms with Crippen molar-refractivity contribution in [2.75, 3.05) is 14.2 Å². The normalized spacial score (nSPS) is 11.2. The quantitative estimate of drug-likeness (QED) is 0.703. The maximum atomic E-state index is 12.4. The molecule has 0 aliphatic heterocycles. The van der Waals surface area contributed by atoms with Gasteiger partial charge in [-0.2, -0.15) is 0 Å². The Morgan fingerprint density at radius 2 is 2.00 bits per heavy atom. The molecule has 6 heteroatoms. The maximum Gasteiger partial charge on any atom is 0.258 e. The van der Waals surface area contributed by atoms with Crippen molar-refractivity contribution in [2.45, 2.75) is 20.0 Å². The summed E-state index contributed by atoms with van der Waals surface area (Å²) in [5, 5.41) is 0.668. The second kappa shape index (κ2) is 7.25. The fourth-order valence-electron chi connectivity index (χ4n) is 2.94. The Kier molecular flexibility index (Phi) is 5.06. The van der Waals surface area contributed by atoms with E-state index in [2.05, 4.69) is 9.88 Å². The van der Waals surface area contributed by atoms with Crippen LogP contribution < -0.4 is 10.3 Å². The lowest BCUT2D eigenvalue weighted by Gasteiger charge is -2.18. The summed E-state index contributed by atoms with van der Waals surface area (Å²) in [4.78, 5) is 19.0. The Bertz CT molecular complexity index is 969. The molecule has 2 aromatic heterocycles. The van der Waals surface area contributed by atoms with Crippen molar-refractivity contribution < 1.29 is 4.74 Å². The molecule has 0 spiro atoms. The molecule has 0 saturated heterocycles. The van der Waals surface area contributed by atoms with Crippen LogP contribution in [0, 0.1) is 6.92 Å². The van der Waals surface area contributed by atoms with E-state index in [1.54, 1.807) is 23.6 Å². The van der Waals surface area contributed by atoms with E-state index in [1.807, 2.05) is 44.3 Å². The van der Waals surface area contributed by atoms with Crippen LogP contribution in [0.1, 0.15) is 17.0 Å². The molecular formula is C19H20ClN3O2. The zero-order chi connectivity index (χ0) is 18.0. The largest absolute Gasteiger partial charge is 0.496 e. The molecule has 1 aromatic carbocycles. The first-order valence-corrected chi connectivity index (χ1v) is 8.35. The first-order valence-electron chi connectivity index (χ1n) is 7.97. The number of aromatic nitrogens is 2. The zero-order valence-electron chi connectivity index (χ0n) is 14.5. The molecule has 0 bridgehead atoms. The van der Waals surface area contributed by atoms with Gasteiger partial charge in [-0.15, -0.1) is 0 Å². The number of methoxy groups -OCH3 is 1. The summed E-state index contributed by atoms with van der Waals surface area (Å²) in [6.45, 7) is 3.08. The number of pyridine rings is 1. The van der Waals surface area contributed by atoms with Crippen LogP contribution in [0.3, 0.4) is 0 Å². The number of benzene rings is 1. The van der Waals surface area contributed by atoms with Crippen molar-refractivity contribution in [3.63, 3.8) is 0 Å². The minimum atomic E-state index is -0.0631. The van der Waals surface area contributed by atoms with Gasteiger partial charge in [0.05, 0.1) is 12.8 Å². The Morgan fingerprint density at radius 3 is 2.76 bits per heavy atom. The second-order valence-electron chi connectivity index (χ2n) is 6.07. The molecule has 5 nitrogen and oxygen atoms in total. The SMILES string of the molecule is COc1ccc(Cl)cc1CN(C)Cc1cc(=O)n2c(C)cccc2n1. The fraction of sp³-hybridized carbons (Fsp3) is 0.263. The predicted molar refractivity (Wildman–Crippen MR) is 99.4 cm³/mol. The molecule has 0 saturated carbocycles. The highest BCUT2D eigenvalue weighted by molar-refractivity contribution is 6.30. The van der Waals surface area contributed by atoms with Gasteiger partial charge in [0.15, 0.2) is 0 Å². The first-order chi connectivity index (χ1) is 12.0. The summed E-state index contributed by atoms with van der Waals surface area (Å²) >= 11 is 6.09. The van der Waals surface area contributed by atoms with Crippen LogP contribution in [-0.4, -0.2) is 28.4 Å². The number of nitrogens with zero attached hydrogens (tertiary/aromatic N) is 3. The lowest BCUT2D eigenvalue weighted by Crippen LogP contribution is -2.22. The molecule has 0 unspecified atom stereocenters. The highest BCUT2D eigenvalue weighted by Crippen LogP contribution is 2.24. The highest BCUT2D eigenvalue weighted by Gasteiger charge is 2.10. The number of halogens is 1. The van der Waals surface area contributed by atoms with Gasteiger partial charge in [-0.25, -0.2) is 4.98 Å². The molecular weight excluding hydrogens is 338 g/mol. The summed E-state index contributed by atoms with van der Waals surface area (Å²) in [7, 11) is 3.61. The topological polar surface area (TPSA) is 46.8 Å². The second-order valence-corrected chi connectivity index (χ2v) is 6.51. The van der Waals surface area contributed by atoms with E-state index >= 15 is 0 Å². The predicted octanol–water partition coefficient (Wildman–Crippen LogP) is 3.30. The van der Waals surface area contributed by atoms with Gasteiger partial charge in [-0.3, -0.25) is 14.1 Å². The minimum Gasteiger partial charge on any atom is -0.496 e. The molecule has 25 heavy (non-hydrogen) atoms. The fourth-order valence-corrected chi connectivity index (χ4v) is 3.13. The van der Waals surface area contributed by atoms with E-state index in [0.29, 0.717) is 23.8 Å². The zero-order valence-corrected chi connectivity index (χ0v) is 15.2. The van der Waals surface area contributed by atoms with Crippen molar-refractivity contribution in [1.82, 2.24) is 14.3 Å². The Balaban J connectivity index is 1.84. The highest BCUT2D eigenvalue weighted by atomic mass is 35.5. The molecule has 0 aliphatic carbocycles. The van der Waals surface area contributed by atoms with Crippen molar-refractivity contribution in [3.8, 4) is 5.75 Å². The molecule has 0 radical (unpaired) electrons. The van der Waals surface area contributed by atoms with Gasteiger partial charge < -0.3 is 4.74 Å². The van der Waals surface area contributed by atoms with Crippen LogP contribution in [0.25, 0.3) is 5.65 Å². The van der Waals surface area contributed by atoms with Crippen LogP contribution in [0.5, 0.6) is 5.75 Å². The first kappa shape index (κ1) is 17.5. The summed E-state index contributed by atoms with van der Waals surface area (Å²) in [5.41, 5.74) is 3.20. The molecule has 3 rings (SSSR count). The number of hydrogen-bond donors (Lipinski definition) is 0. The average molecular weight is 358 g/mol. The van der Waals surface area contributed by atoms with E-state index in [0.717, 1.165) is 22.7 Å². The van der Waals surface area contributed by atoms with Gasteiger partial charge in [-0.1, -0.05) is 17.7 Å². The molecule has 0 fully saturated rings. The summed E-state index contributed by atoms with van der Waals surface area (Å²) < 4.78 is 7.00. The average Bonchev–Trinajstić information content (AvgIpc) is 2.54. The molecule has 0 atom stereocenters. The van der Waals surface area contributed by atoms with Gasteiger partial charge in [0.1, 0.15) is 11.4 Å². The number of aryl methyl sites for hydroxylation is 1. The minimum absolute atomic E-state index is 0.0631. The van der Waals surface area contributed by atoms with Crippen LogP contribution >= 0.6 is 11.6 Å². The van der Waals surface area contributed by atoms with Gasteiger partial charge in [0, 0.05) is 35.4 Å². The number of rotatable bonds is 5. The number of hydrogen-bond acceptors (Lipinski definition) is 4. The Morgan fingerprint density at radius 1 is 1.20 bits per heavy atom. The molecule has 3 aromatic rings. The molecule has 0 N–H and O–H groups in total. The van der Waals surface area contributed by atoms with Gasteiger partial charge in [0.2, 0.25) is 0 Å². The smallest absolute Gasteiger partial charge is 0.258 e. The monoisotopic (exact) mass is 357 g/mol. The Hall–Kier alpha value is -2.37. The third-order valence-corrected chi connectivity index (χ3v) is 4.28. The van der Waals surface area contributed by atoms with Gasteiger partial charge >= 0.3 is 0 Å². The third-order valence-electron chi connectivity index (χ3n) is 4.05. The molecule has 0 amide bonds. The van der Waals surface area contributed by atoms with E-state index in [4.69, 9.17) is 16.3 Å². The van der Waals surface area contributed by atoms with Crippen LogP contribution in [-0.2, 0) is 13.1 Å². The van der Waals surface area contributed by atoms with Gasteiger partial charge in [-0.05, 0) is 44.3 Å². The summed E-state index contributed by atoms with van der Waals surface area (Å²) in [6.07, 6.45) is 0.